The molecule has 0 spiro atoms. The predicted octanol–water partition coefficient (Wildman–Crippen LogP) is 2.21. The summed E-state index contributed by atoms with van der Waals surface area (Å²) in [5.41, 5.74) is -0.871. The molecule has 8 heteroatoms. The van der Waals surface area contributed by atoms with Gasteiger partial charge in [-0.05, 0) is 19.9 Å². The highest BCUT2D eigenvalue weighted by atomic mass is 19.2. The maximum absolute atomic E-state index is 13.1. The quantitative estimate of drug-likeness (QED) is 0.752. The Hall–Kier alpha value is -2.22. The number of carbonyl (C=O) groups excluding carboxylic acids is 1. The molecular weight excluding hydrogens is 286 g/mol. The van der Waals surface area contributed by atoms with Gasteiger partial charge in [0.2, 0.25) is 0 Å². The molecule has 0 saturated heterocycles. The minimum Gasteiger partial charge on any atom is -0.478 e. The van der Waals surface area contributed by atoms with Gasteiger partial charge in [0.25, 0.3) is 0 Å². The highest BCUT2D eigenvalue weighted by Gasteiger charge is 2.17. The van der Waals surface area contributed by atoms with Gasteiger partial charge in [-0.2, -0.15) is 0 Å². The van der Waals surface area contributed by atoms with Gasteiger partial charge in [0.15, 0.2) is 11.6 Å². The zero-order chi connectivity index (χ0) is 16.0. The maximum atomic E-state index is 13.1. The van der Waals surface area contributed by atoms with Crippen molar-refractivity contribution in [2.24, 2.45) is 0 Å². The van der Waals surface area contributed by atoms with Crippen LogP contribution in [0.15, 0.2) is 12.1 Å². The number of carbonyl (C=O) groups is 2. The molecule has 1 atom stereocenters. The van der Waals surface area contributed by atoms with E-state index in [1.165, 1.54) is 0 Å². The number of rotatable bonds is 6. The molecule has 1 aromatic carbocycles. The standard InChI is InChI=1S/C13H16F2N2O4/c1-3-21-6-7(2)16-13(20)17-11-5-10(15)9(14)4-8(11)12(18)19/h4-5,7H,3,6H2,1-2H3,(H,18,19)(H2,16,17,20). The second-order valence-electron chi connectivity index (χ2n) is 4.28. The number of nitrogens with one attached hydrogen (secondary N) is 2. The lowest BCUT2D eigenvalue weighted by Gasteiger charge is -2.15. The lowest BCUT2D eigenvalue weighted by molar-refractivity contribution is 0.0697. The molecule has 0 bridgehead atoms. The van der Waals surface area contributed by atoms with E-state index in [0.29, 0.717) is 18.7 Å². The summed E-state index contributed by atoms with van der Waals surface area (Å²) in [6.07, 6.45) is 0. The minimum absolute atomic E-state index is 0.271. The Kier molecular flexibility index (Phi) is 6.04. The molecular formula is C13H16F2N2O4. The molecule has 1 rings (SSSR count). The SMILES string of the molecule is CCOCC(C)NC(=O)Nc1cc(F)c(F)cc1C(=O)O. The molecule has 6 nitrogen and oxygen atoms in total. The molecule has 116 valence electrons. The Labute approximate surface area is 120 Å². The van der Waals surface area contributed by atoms with Gasteiger partial charge in [0.1, 0.15) is 0 Å². The van der Waals surface area contributed by atoms with E-state index in [9.17, 15) is 18.4 Å². The lowest BCUT2D eigenvalue weighted by Crippen LogP contribution is -2.39. The van der Waals surface area contributed by atoms with E-state index in [0.717, 1.165) is 0 Å². The van der Waals surface area contributed by atoms with Crippen molar-refractivity contribution < 1.29 is 28.2 Å². The summed E-state index contributed by atoms with van der Waals surface area (Å²) < 4.78 is 31.3. The van der Waals surface area contributed by atoms with Crippen molar-refractivity contribution in [3.8, 4) is 0 Å². The molecule has 0 aromatic heterocycles. The van der Waals surface area contributed by atoms with E-state index < -0.39 is 29.2 Å². The first-order valence-corrected chi connectivity index (χ1v) is 6.22. The molecule has 3 N–H and O–H groups in total. The third-order valence-electron chi connectivity index (χ3n) is 2.49. The molecule has 1 aromatic rings. The van der Waals surface area contributed by atoms with Crippen LogP contribution in [0.4, 0.5) is 19.3 Å². The average molecular weight is 302 g/mol. The van der Waals surface area contributed by atoms with Crippen molar-refractivity contribution >= 4 is 17.7 Å². The van der Waals surface area contributed by atoms with Gasteiger partial charge in [-0.15, -0.1) is 0 Å². The van der Waals surface area contributed by atoms with Gasteiger partial charge in [0, 0.05) is 12.7 Å². The number of amides is 2. The third kappa shape index (κ3) is 4.99. The highest BCUT2D eigenvalue weighted by Crippen LogP contribution is 2.20. The molecule has 21 heavy (non-hydrogen) atoms. The molecule has 0 aliphatic rings. The van der Waals surface area contributed by atoms with Crippen LogP contribution >= 0.6 is 0 Å². The Morgan fingerprint density at radius 2 is 1.95 bits per heavy atom. The first-order valence-electron chi connectivity index (χ1n) is 6.22. The molecule has 0 aliphatic carbocycles. The summed E-state index contributed by atoms with van der Waals surface area (Å²) in [5, 5.41) is 13.6. The topological polar surface area (TPSA) is 87.7 Å². The Morgan fingerprint density at radius 3 is 2.52 bits per heavy atom. The number of benzene rings is 1. The van der Waals surface area contributed by atoms with E-state index in [1.54, 1.807) is 13.8 Å². The smallest absolute Gasteiger partial charge is 0.337 e. The zero-order valence-electron chi connectivity index (χ0n) is 11.6. The zero-order valence-corrected chi connectivity index (χ0v) is 11.6. The normalized spacial score (nSPS) is 11.8. The summed E-state index contributed by atoms with van der Waals surface area (Å²) in [6.45, 7) is 4.24. The molecule has 0 heterocycles. The molecule has 0 radical (unpaired) electrons. The second-order valence-corrected chi connectivity index (χ2v) is 4.28. The van der Waals surface area contributed by atoms with Gasteiger partial charge in [-0.1, -0.05) is 0 Å². The minimum atomic E-state index is -1.48. The summed E-state index contributed by atoms with van der Waals surface area (Å²) in [4.78, 5) is 22.6. The second kappa shape index (κ2) is 7.53. The van der Waals surface area contributed by atoms with Gasteiger partial charge >= 0.3 is 12.0 Å². The monoisotopic (exact) mass is 302 g/mol. The number of anilines is 1. The molecule has 2 amide bonds. The number of aromatic carboxylic acids is 1. The van der Waals surface area contributed by atoms with Crippen molar-refractivity contribution in [3.63, 3.8) is 0 Å². The van der Waals surface area contributed by atoms with Crippen LogP contribution in [0, 0.1) is 11.6 Å². The lowest BCUT2D eigenvalue weighted by atomic mass is 10.1. The van der Waals surface area contributed by atoms with E-state index >= 15 is 0 Å². The Morgan fingerprint density at radius 1 is 1.33 bits per heavy atom. The van der Waals surface area contributed by atoms with Crippen LogP contribution in [-0.2, 0) is 4.74 Å². The number of hydrogen-bond acceptors (Lipinski definition) is 3. The largest absolute Gasteiger partial charge is 0.478 e. The van der Waals surface area contributed by atoms with E-state index in [1.807, 2.05) is 0 Å². The van der Waals surface area contributed by atoms with E-state index in [-0.39, 0.29) is 18.3 Å². The number of halogens is 2. The van der Waals surface area contributed by atoms with Crippen LogP contribution in [-0.4, -0.2) is 36.4 Å². The number of ether oxygens (including phenoxy) is 1. The van der Waals surface area contributed by atoms with Crippen molar-refractivity contribution in [1.29, 1.82) is 0 Å². The van der Waals surface area contributed by atoms with Crippen LogP contribution in [0.1, 0.15) is 24.2 Å². The van der Waals surface area contributed by atoms with Gasteiger partial charge in [-0.25, -0.2) is 18.4 Å². The summed E-state index contributed by atoms with van der Waals surface area (Å²) in [5.74, 6) is -4.03. The summed E-state index contributed by atoms with van der Waals surface area (Å²) in [7, 11) is 0. The molecule has 1 unspecified atom stereocenters. The molecule has 0 fully saturated rings. The fourth-order valence-electron chi connectivity index (χ4n) is 1.55. The van der Waals surface area contributed by atoms with E-state index in [4.69, 9.17) is 9.84 Å². The van der Waals surface area contributed by atoms with Crippen molar-refractivity contribution in [3.05, 3.63) is 29.3 Å². The third-order valence-corrected chi connectivity index (χ3v) is 2.49. The fourth-order valence-corrected chi connectivity index (χ4v) is 1.55. The predicted molar refractivity (Wildman–Crippen MR) is 71.4 cm³/mol. The van der Waals surface area contributed by atoms with Crippen molar-refractivity contribution in [2.45, 2.75) is 19.9 Å². The van der Waals surface area contributed by atoms with Gasteiger partial charge in [-0.3, -0.25) is 0 Å². The summed E-state index contributed by atoms with van der Waals surface area (Å²) in [6, 6.07) is 0.0573. The van der Waals surface area contributed by atoms with Crippen LogP contribution in [0.25, 0.3) is 0 Å². The highest BCUT2D eigenvalue weighted by molar-refractivity contribution is 6.00. The first kappa shape index (κ1) is 16.8. The molecule has 0 aliphatic heterocycles. The number of carboxylic acids is 1. The van der Waals surface area contributed by atoms with Crippen molar-refractivity contribution in [1.82, 2.24) is 5.32 Å². The average Bonchev–Trinajstić information content (AvgIpc) is 2.39. The fraction of sp³-hybridized carbons (Fsp3) is 0.385. The van der Waals surface area contributed by atoms with Crippen LogP contribution in [0.3, 0.4) is 0 Å². The maximum Gasteiger partial charge on any atom is 0.337 e. The Bertz CT molecular complexity index is 537. The van der Waals surface area contributed by atoms with Gasteiger partial charge < -0.3 is 20.5 Å². The number of hydrogen-bond donors (Lipinski definition) is 3. The Balaban J connectivity index is 2.80. The number of carboxylic acid groups (broad SMARTS) is 1. The number of urea groups is 1. The first-order chi connectivity index (χ1) is 9.85. The van der Waals surface area contributed by atoms with Crippen molar-refractivity contribution in [2.75, 3.05) is 18.5 Å². The summed E-state index contributed by atoms with van der Waals surface area (Å²) >= 11 is 0. The van der Waals surface area contributed by atoms with Crippen LogP contribution in [0.5, 0.6) is 0 Å². The van der Waals surface area contributed by atoms with Crippen LogP contribution in [0.2, 0.25) is 0 Å². The van der Waals surface area contributed by atoms with E-state index in [2.05, 4.69) is 10.6 Å². The van der Waals surface area contributed by atoms with Crippen LogP contribution < -0.4 is 10.6 Å². The van der Waals surface area contributed by atoms with Gasteiger partial charge in [0.05, 0.1) is 23.9 Å². The molecule has 0 saturated carbocycles.